The summed E-state index contributed by atoms with van der Waals surface area (Å²) in [6, 6.07) is 8.08. The number of amides is 1. The molecule has 0 bridgehead atoms. The van der Waals surface area contributed by atoms with Crippen molar-refractivity contribution in [2.24, 2.45) is 11.8 Å². The zero-order valence-corrected chi connectivity index (χ0v) is 15.7. The lowest BCUT2D eigenvalue weighted by atomic mass is 9.69. The van der Waals surface area contributed by atoms with Gasteiger partial charge in [0.2, 0.25) is 5.91 Å². The van der Waals surface area contributed by atoms with Crippen molar-refractivity contribution in [2.75, 3.05) is 32.8 Å². The molecule has 5 heteroatoms. The number of para-hydroxylation sites is 1. The van der Waals surface area contributed by atoms with Crippen molar-refractivity contribution in [3.8, 4) is 5.75 Å². The largest absolute Gasteiger partial charge is 0.492 e. The van der Waals surface area contributed by atoms with Crippen LogP contribution >= 0.6 is 0 Å². The lowest BCUT2D eigenvalue weighted by molar-refractivity contribution is -0.132. The Morgan fingerprint density at radius 3 is 3.04 bits per heavy atom. The Morgan fingerprint density at radius 1 is 1.35 bits per heavy atom. The second-order valence-corrected chi connectivity index (χ2v) is 8.18. The van der Waals surface area contributed by atoms with Crippen molar-refractivity contribution in [3.05, 3.63) is 29.8 Å². The lowest BCUT2D eigenvalue weighted by Gasteiger charge is -2.40. The summed E-state index contributed by atoms with van der Waals surface area (Å²) in [7, 11) is 0. The third kappa shape index (κ3) is 3.35. The number of rotatable bonds is 3. The van der Waals surface area contributed by atoms with Crippen LogP contribution in [0.25, 0.3) is 0 Å². The molecule has 4 rings (SSSR count). The predicted octanol–water partition coefficient (Wildman–Crippen LogP) is 2.28. The highest BCUT2D eigenvalue weighted by molar-refractivity contribution is 5.78. The number of nitrogens with zero attached hydrogens (tertiary/aromatic N) is 2. The first kappa shape index (κ1) is 17.8. The van der Waals surface area contributed by atoms with Crippen LogP contribution in [0, 0.1) is 11.8 Å². The van der Waals surface area contributed by atoms with Crippen molar-refractivity contribution in [1.82, 2.24) is 9.80 Å². The Kier molecular flexibility index (Phi) is 4.93. The summed E-state index contributed by atoms with van der Waals surface area (Å²) in [5.41, 5.74) is 0.570. The predicted molar refractivity (Wildman–Crippen MR) is 99.9 cm³/mol. The normalized spacial score (nSPS) is 31.7. The highest BCUT2D eigenvalue weighted by Gasteiger charge is 2.48. The highest BCUT2D eigenvalue weighted by Crippen LogP contribution is 2.44. The minimum Gasteiger partial charge on any atom is -0.492 e. The number of hydrogen-bond donors (Lipinski definition) is 1. The van der Waals surface area contributed by atoms with Gasteiger partial charge in [-0.25, -0.2) is 0 Å². The minimum atomic E-state index is -0.576. The average molecular weight is 358 g/mol. The van der Waals surface area contributed by atoms with Gasteiger partial charge < -0.3 is 14.7 Å². The first-order valence-corrected chi connectivity index (χ1v) is 10.0. The van der Waals surface area contributed by atoms with Crippen molar-refractivity contribution in [1.29, 1.82) is 0 Å². The van der Waals surface area contributed by atoms with E-state index >= 15 is 0 Å². The Labute approximate surface area is 155 Å². The lowest BCUT2D eigenvalue weighted by Crippen LogP contribution is -2.45. The molecule has 1 N–H and O–H groups in total. The van der Waals surface area contributed by atoms with E-state index in [2.05, 4.69) is 17.9 Å². The molecule has 0 aromatic heterocycles. The number of ether oxygens (including phenoxy) is 1. The topological polar surface area (TPSA) is 53.0 Å². The van der Waals surface area contributed by atoms with Gasteiger partial charge in [0.25, 0.3) is 0 Å². The van der Waals surface area contributed by atoms with E-state index in [1.54, 1.807) is 0 Å². The highest BCUT2D eigenvalue weighted by atomic mass is 16.5. The smallest absolute Gasteiger partial charge is 0.236 e. The number of benzene rings is 1. The standard InChI is InChI=1S/C21H30N2O3/c1-2-21(25)9-5-7-16-13-23(14-18(16)21)20(24)15-22-10-11-26-19-8-4-3-6-17(19)12-22/h3-4,6,8,16,18,25H,2,5,7,9-15H2,1H3/t16-,18+,21-/m0/s1. The van der Waals surface area contributed by atoms with Gasteiger partial charge in [-0.1, -0.05) is 31.5 Å². The molecule has 26 heavy (non-hydrogen) atoms. The third-order valence-electron chi connectivity index (χ3n) is 6.67. The molecule has 0 unspecified atom stereocenters. The van der Waals surface area contributed by atoms with Crippen LogP contribution in [0.4, 0.5) is 0 Å². The van der Waals surface area contributed by atoms with Crippen molar-refractivity contribution in [2.45, 2.75) is 44.8 Å². The molecule has 1 saturated heterocycles. The van der Waals surface area contributed by atoms with E-state index in [9.17, 15) is 9.90 Å². The number of likely N-dealkylation sites (tertiary alicyclic amines) is 1. The molecular formula is C21H30N2O3. The summed E-state index contributed by atoms with van der Waals surface area (Å²) in [5, 5.41) is 11.0. The van der Waals surface area contributed by atoms with E-state index in [0.29, 0.717) is 19.1 Å². The molecule has 1 aromatic carbocycles. The number of hydrogen-bond acceptors (Lipinski definition) is 4. The van der Waals surface area contributed by atoms with Crippen LogP contribution in [0.3, 0.4) is 0 Å². The molecular weight excluding hydrogens is 328 g/mol. The first-order valence-electron chi connectivity index (χ1n) is 10.0. The molecule has 1 aliphatic carbocycles. The van der Waals surface area contributed by atoms with Crippen LogP contribution in [0.15, 0.2) is 24.3 Å². The monoisotopic (exact) mass is 358 g/mol. The second kappa shape index (κ2) is 7.20. The van der Waals surface area contributed by atoms with Crippen LogP contribution in [-0.2, 0) is 11.3 Å². The summed E-state index contributed by atoms with van der Waals surface area (Å²) < 4.78 is 5.81. The SMILES string of the molecule is CC[C@]1(O)CCC[C@H]2CN(C(=O)CN3CCOc4ccccc4C3)C[C@H]21. The van der Waals surface area contributed by atoms with Crippen LogP contribution in [0.1, 0.15) is 38.2 Å². The third-order valence-corrected chi connectivity index (χ3v) is 6.67. The fraction of sp³-hybridized carbons (Fsp3) is 0.667. The Morgan fingerprint density at radius 2 is 2.19 bits per heavy atom. The van der Waals surface area contributed by atoms with E-state index in [4.69, 9.17) is 4.74 Å². The summed E-state index contributed by atoms with van der Waals surface area (Å²) >= 11 is 0. The van der Waals surface area contributed by atoms with E-state index in [1.165, 1.54) is 0 Å². The molecule has 1 saturated carbocycles. The van der Waals surface area contributed by atoms with Crippen LogP contribution in [0.2, 0.25) is 0 Å². The summed E-state index contributed by atoms with van der Waals surface area (Å²) in [5.74, 6) is 1.84. The van der Waals surface area contributed by atoms with Crippen LogP contribution in [0.5, 0.6) is 5.75 Å². The second-order valence-electron chi connectivity index (χ2n) is 8.18. The average Bonchev–Trinajstić information content (AvgIpc) is 2.99. The van der Waals surface area contributed by atoms with Gasteiger partial charge >= 0.3 is 0 Å². The van der Waals surface area contributed by atoms with Gasteiger partial charge in [0, 0.05) is 37.7 Å². The molecule has 1 aromatic rings. The van der Waals surface area contributed by atoms with Crippen LogP contribution in [-0.4, -0.2) is 59.2 Å². The van der Waals surface area contributed by atoms with E-state index in [-0.39, 0.29) is 11.8 Å². The quantitative estimate of drug-likeness (QED) is 0.901. The van der Waals surface area contributed by atoms with E-state index < -0.39 is 5.60 Å². The van der Waals surface area contributed by atoms with Crippen LogP contribution < -0.4 is 4.74 Å². The molecule has 2 fully saturated rings. The number of aliphatic hydroxyl groups is 1. The Balaban J connectivity index is 1.40. The van der Waals surface area contributed by atoms with Gasteiger partial charge in [-0.05, 0) is 31.2 Å². The molecule has 0 radical (unpaired) electrons. The zero-order valence-electron chi connectivity index (χ0n) is 15.7. The molecule has 0 spiro atoms. The van der Waals surface area contributed by atoms with Gasteiger partial charge in [0.1, 0.15) is 12.4 Å². The van der Waals surface area contributed by atoms with Gasteiger partial charge in [0.05, 0.1) is 12.1 Å². The maximum Gasteiger partial charge on any atom is 0.236 e. The number of carbonyl (C=O) groups is 1. The van der Waals surface area contributed by atoms with Gasteiger partial charge in [-0.15, -0.1) is 0 Å². The molecule has 142 valence electrons. The molecule has 3 atom stereocenters. The van der Waals surface area contributed by atoms with Gasteiger partial charge in [-0.3, -0.25) is 9.69 Å². The molecule has 2 aliphatic heterocycles. The van der Waals surface area contributed by atoms with E-state index in [0.717, 1.165) is 63.2 Å². The fourth-order valence-corrected chi connectivity index (χ4v) is 5.08. The maximum absolute atomic E-state index is 12.9. The summed E-state index contributed by atoms with van der Waals surface area (Å²) in [6.45, 7) is 6.16. The summed E-state index contributed by atoms with van der Waals surface area (Å²) in [6.07, 6.45) is 3.89. The van der Waals surface area contributed by atoms with Crippen molar-refractivity contribution < 1.29 is 14.6 Å². The zero-order chi connectivity index (χ0) is 18.1. The maximum atomic E-state index is 12.9. The first-order chi connectivity index (χ1) is 12.6. The molecule has 5 nitrogen and oxygen atoms in total. The summed E-state index contributed by atoms with van der Waals surface area (Å²) in [4.78, 5) is 17.1. The fourth-order valence-electron chi connectivity index (χ4n) is 5.08. The van der Waals surface area contributed by atoms with Crippen molar-refractivity contribution >= 4 is 5.91 Å². The van der Waals surface area contributed by atoms with E-state index in [1.807, 2.05) is 23.1 Å². The minimum absolute atomic E-state index is 0.192. The number of carbonyl (C=O) groups excluding carboxylic acids is 1. The number of fused-ring (bicyclic) bond motifs is 2. The molecule has 1 amide bonds. The Bertz CT molecular complexity index is 664. The molecule has 2 heterocycles. The Hall–Kier alpha value is -1.59. The van der Waals surface area contributed by atoms with Crippen molar-refractivity contribution in [3.63, 3.8) is 0 Å². The van der Waals surface area contributed by atoms with Gasteiger partial charge in [0.15, 0.2) is 0 Å². The molecule has 3 aliphatic rings. The van der Waals surface area contributed by atoms with Gasteiger partial charge in [-0.2, -0.15) is 0 Å².